The van der Waals surface area contributed by atoms with Crippen LogP contribution in [0.3, 0.4) is 0 Å². The Bertz CT molecular complexity index is 958. The smallest absolute Gasteiger partial charge is 0.339 e. The number of halogens is 1. The van der Waals surface area contributed by atoms with Crippen molar-refractivity contribution in [3.63, 3.8) is 0 Å². The van der Waals surface area contributed by atoms with Gasteiger partial charge in [-0.3, -0.25) is 4.79 Å². The summed E-state index contributed by atoms with van der Waals surface area (Å²) >= 11 is 6.52. The lowest BCUT2D eigenvalue weighted by Crippen LogP contribution is -2.17. The molecule has 4 heteroatoms. The van der Waals surface area contributed by atoms with Gasteiger partial charge in [-0.2, -0.15) is 0 Å². The molecule has 0 N–H and O–H groups in total. The number of carbonyl (C=O) groups excluding carboxylic acids is 2. The van der Waals surface area contributed by atoms with Crippen LogP contribution in [-0.4, -0.2) is 11.8 Å². The highest BCUT2D eigenvalue weighted by Gasteiger charge is 2.24. The van der Waals surface area contributed by atoms with Crippen molar-refractivity contribution in [1.82, 2.24) is 0 Å². The molecule has 1 aliphatic rings. The first-order valence-corrected chi connectivity index (χ1v) is 10.2. The molecule has 0 amide bonds. The zero-order chi connectivity index (χ0) is 20.8. The molecule has 3 nitrogen and oxygen atoms in total. The van der Waals surface area contributed by atoms with Crippen LogP contribution in [0.4, 0.5) is 0 Å². The van der Waals surface area contributed by atoms with Gasteiger partial charge in [-0.05, 0) is 55.0 Å². The Labute approximate surface area is 177 Å². The van der Waals surface area contributed by atoms with Gasteiger partial charge in [0.05, 0.1) is 5.56 Å². The summed E-state index contributed by atoms with van der Waals surface area (Å²) in [5.41, 5.74) is 3.48. The maximum Gasteiger partial charge on any atom is 0.339 e. The van der Waals surface area contributed by atoms with Gasteiger partial charge in [-0.15, -0.1) is 0 Å². The van der Waals surface area contributed by atoms with Crippen molar-refractivity contribution in [2.75, 3.05) is 0 Å². The Hall–Kier alpha value is -2.65. The van der Waals surface area contributed by atoms with E-state index in [1.54, 1.807) is 6.08 Å². The normalized spacial score (nSPS) is 20.3. The number of hydrogen-bond donors (Lipinski definition) is 0. The minimum Gasteiger partial charge on any atom is -0.454 e. The topological polar surface area (TPSA) is 43.4 Å². The van der Waals surface area contributed by atoms with E-state index in [0.717, 1.165) is 29.5 Å². The second kappa shape index (κ2) is 9.71. The van der Waals surface area contributed by atoms with Crippen LogP contribution in [0.2, 0.25) is 5.02 Å². The highest BCUT2D eigenvalue weighted by atomic mass is 35.5. The molecule has 0 aliphatic carbocycles. The Morgan fingerprint density at radius 1 is 0.966 bits per heavy atom. The summed E-state index contributed by atoms with van der Waals surface area (Å²) in [6.45, 7) is 3.73. The molecule has 0 unspecified atom stereocenters. The predicted octanol–water partition coefficient (Wildman–Crippen LogP) is 6.26. The van der Waals surface area contributed by atoms with E-state index >= 15 is 0 Å². The van der Waals surface area contributed by atoms with Crippen LogP contribution in [0.25, 0.3) is 0 Å². The maximum atomic E-state index is 13.2. The summed E-state index contributed by atoms with van der Waals surface area (Å²) < 4.78 is 5.94. The molecule has 1 heterocycles. The number of ketones is 1. The van der Waals surface area contributed by atoms with Crippen molar-refractivity contribution in [2.24, 2.45) is 0 Å². The number of rotatable bonds is 1. The second-order valence-electron chi connectivity index (χ2n) is 7.31. The first kappa shape index (κ1) is 21.1. The summed E-state index contributed by atoms with van der Waals surface area (Å²) in [5.74, 6) is -0.526. The van der Waals surface area contributed by atoms with Crippen molar-refractivity contribution >= 4 is 23.4 Å². The molecule has 29 heavy (non-hydrogen) atoms. The predicted molar refractivity (Wildman–Crippen MR) is 116 cm³/mol. The lowest BCUT2D eigenvalue weighted by atomic mass is 9.94. The third-order valence-electron chi connectivity index (χ3n) is 5.04. The molecular weight excluding hydrogens is 384 g/mol. The van der Waals surface area contributed by atoms with E-state index in [-0.39, 0.29) is 12.2 Å². The fraction of sp³-hybridized carbons (Fsp3) is 0.280. The average molecular weight is 409 g/mol. The summed E-state index contributed by atoms with van der Waals surface area (Å²) in [6, 6.07) is 11.6. The molecule has 0 bridgehead atoms. The van der Waals surface area contributed by atoms with Crippen molar-refractivity contribution in [1.29, 1.82) is 0 Å². The van der Waals surface area contributed by atoms with E-state index in [2.05, 4.69) is 6.08 Å². The summed E-state index contributed by atoms with van der Waals surface area (Å²) in [5, 5.41) is 0.451. The van der Waals surface area contributed by atoms with Gasteiger partial charge in [0.15, 0.2) is 5.78 Å². The number of cyclic esters (lactones) is 1. The van der Waals surface area contributed by atoms with Gasteiger partial charge >= 0.3 is 5.97 Å². The Kier molecular flexibility index (Phi) is 7.05. The monoisotopic (exact) mass is 408 g/mol. The number of fused-ring (bicyclic) bond motifs is 1. The van der Waals surface area contributed by atoms with E-state index < -0.39 is 12.1 Å². The third-order valence-corrected chi connectivity index (χ3v) is 5.56. The molecular formula is C25H25ClO3. The largest absolute Gasteiger partial charge is 0.454 e. The van der Waals surface area contributed by atoms with Crippen molar-refractivity contribution in [3.05, 3.63) is 93.5 Å². The number of benzene rings is 2. The summed E-state index contributed by atoms with van der Waals surface area (Å²) in [7, 11) is 0. The maximum absolute atomic E-state index is 13.2. The van der Waals surface area contributed by atoms with Gasteiger partial charge in [0.25, 0.3) is 0 Å². The van der Waals surface area contributed by atoms with Gasteiger partial charge in [0, 0.05) is 17.9 Å². The molecule has 0 aromatic heterocycles. The fourth-order valence-corrected chi connectivity index (χ4v) is 3.80. The molecule has 150 valence electrons. The zero-order valence-electron chi connectivity index (χ0n) is 16.8. The van der Waals surface area contributed by atoms with Crippen LogP contribution >= 0.6 is 11.6 Å². The highest BCUT2D eigenvalue weighted by Crippen LogP contribution is 2.31. The Balaban J connectivity index is 2.06. The number of esters is 1. The van der Waals surface area contributed by atoms with E-state index in [1.807, 2.05) is 62.4 Å². The minimum absolute atomic E-state index is 0.0772. The van der Waals surface area contributed by atoms with Crippen molar-refractivity contribution in [2.45, 2.75) is 45.6 Å². The Morgan fingerprint density at radius 2 is 1.69 bits per heavy atom. The van der Waals surface area contributed by atoms with Crippen molar-refractivity contribution < 1.29 is 14.3 Å². The van der Waals surface area contributed by atoms with Gasteiger partial charge < -0.3 is 4.74 Å². The first-order valence-electron chi connectivity index (χ1n) is 9.86. The average Bonchev–Trinajstić information content (AvgIpc) is 2.70. The lowest BCUT2D eigenvalue weighted by molar-refractivity contribution is -0.114. The first-order chi connectivity index (χ1) is 14.0. The molecule has 1 atom stereocenters. The van der Waals surface area contributed by atoms with Crippen molar-refractivity contribution in [3.8, 4) is 0 Å². The van der Waals surface area contributed by atoms with Gasteiger partial charge in [-0.1, -0.05) is 66.2 Å². The van der Waals surface area contributed by atoms with Crippen LogP contribution in [0, 0.1) is 13.8 Å². The van der Waals surface area contributed by atoms with E-state index in [9.17, 15) is 9.59 Å². The SMILES string of the molecule is Cc1cc(C)c2c(c1Cl)CC(=O)/C=C/CC/C=C/C[C@@H](c1ccccc1)OC2=O. The third kappa shape index (κ3) is 5.24. The van der Waals surface area contributed by atoms with Crippen LogP contribution in [0.15, 0.2) is 60.7 Å². The van der Waals surface area contributed by atoms with Crippen LogP contribution < -0.4 is 0 Å². The number of hydrogen-bond acceptors (Lipinski definition) is 3. The number of aryl methyl sites for hydroxylation is 2. The number of ether oxygens (including phenoxy) is 1. The molecule has 0 spiro atoms. The molecule has 0 fully saturated rings. The van der Waals surface area contributed by atoms with Crippen LogP contribution in [0.1, 0.15) is 58.0 Å². The molecule has 2 aromatic carbocycles. The van der Waals surface area contributed by atoms with Gasteiger partial charge in [-0.25, -0.2) is 4.79 Å². The molecule has 3 rings (SSSR count). The van der Waals surface area contributed by atoms with E-state index in [0.29, 0.717) is 22.6 Å². The molecule has 0 radical (unpaired) electrons. The summed E-state index contributed by atoms with van der Waals surface area (Å²) in [4.78, 5) is 25.7. The van der Waals surface area contributed by atoms with Gasteiger partial charge in [0.1, 0.15) is 6.10 Å². The standard InChI is InChI=1S/C25H25ClO3/c1-17-15-18(2)24(26)21-16-20(27)13-9-4-3-5-10-14-22(29-25(28)23(17)21)19-11-7-6-8-12-19/h5-13,15,22H,3-4,14,16H2,1-2H3/b10-5+,13-9+/t22-/m0/s1. The lowest BCUT2D eigenvalue weighted by Gasteiger charge is -2.20. The summed E-state index contributed by atoms with van der Waals surface area (Å²) in [6.07, 6.45) is 9.42. The van der Waals surface area contributed by atoms with E-state index in [1.165, 1.54) is 0 Å². The Morgan fingerprint density at radius 3 is 2.45 bits per heavy atom. The van der Waals surface area contributed by atoms with Crippen LogP contribution in [-0.2, 0) is 16.0 Å². The minimum atomic E-state index is -0.449. The number of carbonyl (C=O) groups is 2. The highest BCUT2D eigenvalue weighted by molar-refractivity contribution is 6.33. The second-order valence-corrected chi connectivity index (χ2v) is 7.69. The molecule has 2 aromatic rings. The number of allylic oxidation sites excluding steroid dienone is 3. The quantitative estimate of drug-likeness (QED) is 0.413. The zero-order valence-corrected chi connectivity index (χ0v) is 17.5. The molecule has 0 saturated carbocycles. The van der Waals surface area contributed by atoms with Crippen LogP contribution in [0.5, 0.6) is 0 Å². The van der Waals surface area contributed by atoms with E-state index in [4.69, 9.17) is 16.3 Å². The van der Waals surface area contributed by atoms with Gasteiger partial charge in [0.2, 0.25) is 0 Å². The molecule has 1 aliphatic heterocycles. The fourth-order valence-electron chi connectivity index (χ4n) is 3.58. The molecule has 0 saturated heterocycles.